The summed E-state index contributed by atoms with van der Waals surface area (Å²) in [5, 5.41) is 13.3. The number of carbonyl (C=O) groups excluding carboxylic acids is 1. The number of hydrogen-bond donors (Lipinski definition) is 1. The summed E-state index contributed by atoms with van der Waals surface area (Å²) >= 11 is 9.51. The van der Waals surface area contributed by atoms with Crippen LogP contribution in [-0.2, 0) is 4.79 Å². The van der Waals surface area contributed by atoms with Crippen molar-refractivity contribution in [1.29, 1.82) is 0 Å². The molecule has 30 heavy (non-hydrogen) atoms. The number of benzene rings is 2. The summed E-state index contributed by atoms with van der Waals surface area (Å²) in [6, 6.07) is 15.9. The van der Waals surface area contributed by atoms with Crippen LogP contribution < -0.4 is 5.32 Å². The van der Waals surface area contributed by atoms with E-state index in [4.69, 9.17) is 11.6 Å². The van der Waals surface area contributed by atoms with E-state index in [1.54, 1.807) is 11.8 Å². The molecular formula is C22H23ClN4OS2. The van der Waals surface area contributed by atoms with Gasteiger partial charge in [0.1, 0.15) is 0 Å². The molecule has 0 atom stereocenters. The summed E-state index contributed by atoms with van der Waals surface area (Å²) in [5.41, 5.74) is 1.69. The lowest BCUT2D eigenvalue weighted by molar-refractivity contribution is -0.113. The Morgan fingerprint density at radius 2 is 1.97 bits per heavy atom. The Balaban J connectivity index is 1.52. The molecule has 1 N–H and O–H groups in total. The van der Waals surface area contributed by atoms with Crippen LogP contribution in [0, 0.1) is 0 Å². The summed E-state index contributed by atoms with van der Waals surface area (Å²) in [6.07, 6.45) is 6.60. The van der Waals surface area contributed by atoms with Crippen LogP contribution in [0.2, 0.25) is 5.02 Å². The van der Waals surface area contributed by atoms with E-state index in [0.717, 1.165) is 40.0 Å². The number of rotatable bonds is 7. The zero-order valence-corrected chi connectivity index (χ0v) is 19.1. The van der Waals surface area contributed by atoms with Crippen LogP contribution in [0.15, 0.2) is 58.6 Å². The van der Waals surface area contributed by atoms with E-state index in [1.165, 1.54) is 24.6 Å². The summed E-state index contributed by atoms with van der Waals surface area (Å²) in [4.78, 5) is 13.6. The molecule has 1 heterocycles. The Kier molecular flexibility index (Phi) is 7.02. The van der Waals surface area contributed by atoms with Gasteiger partial charge in [-0.1, -0.05) is 54.4 Å². The first-order valence-electron chi connectivity index (χ1n) is 9.92. The maximum Gasteiger partial charge on any atom is 0.234 e. The fraction of sp³-hybridized carbons (Fsp3) is 0.318. The zero-order chi connectivity index (χ0) is 20.9. The Labute approximate surface area is 190 Å². The second-order valence-corrected chi connectivity index (χ2v) is 9.39. The van der Waals surface area contributed by atoms with Gasteiger partial charge in [-0.05, 0) is 49.4 Å². The number of hydrogen-bond acceptors (Lipinski definition) is 5. The highest BCUT2D eigenvalue weighted by atomic mass is 35.5. The molecule has 2 aromatic carbocycles. The SMILES string of the molecule is CSc1cccc(NC(=O)CSc2nnc(-c3ccccc3Cl)n2C2CCCC2)c1. The molecule has 1 saturated carbocycles. The van der Waals surface area contributed by atoms with Gasteiger partial charge < -0.3 is 5.32 Å². The fourth-order valence-electron chi connectivity index (χ4n) is 3.72. The standard InChI is InChI=1S/C22H23ClN4OS2/c1-29-17-10-6-7-15(13-17)24-20(28)14-30-22-26-25-21(18-11-4-5-12-19(18)23)27(22)16-8-2-3-9-16/h4-7,10-13,16H,2-3,8-9,14H2,1H3,(H,24,28). The maximum absolute atomic E-state index is 12.5. The smallest absolute Gasteiger partial charge is 0.234 e. The van der Waals surface area contributed by atoms with Crippen molar-refractivity contribution in [2.75, 3.05) is 17.3 Å². The second kappa shape index (κ2) is 9.90. The predicted molar refractivity (Wildman–Crippen MR) is 126 cm³/mol. The van der Waals surface area contributed by atoms with Crippen LogP contribution in [-0.4, -0.2) is 32.7 Å². The molecule has 0 unspecified atom stereocenters. The molecule has 1 fully saturated rings. The molecule has 0 radical (unpaired) electrons. The van der Waals surface area contributed by atoms with Gasteiger partial charge in [0.15, 0.2) is 11.0 Å². The fourth-order valence-corrected chi connectivity index (χ4v) is 5.21. The van der Waals surface area contributed by atoms with Crippen molar-refractivity contribution < 1.29 is 4.79 Å². The van der Waals surface area contributed by atoms with Gasteiger partial charge in [0.05, 0.1) is 10.8 Å². The minimum atomic E-state index is -0.0569. The van der Waals surface area contributed by atoms with E-state index in [2.05, 4.69) is 20.1 Å². The largest absolute Gasteiger partial charge is 0.325 e. The lowest BCUT2D eigenvalue weighted by Crippen LogP contribution is -2.15. The molecule has 0 spiro atoms. The van der Waals surface area contributed by atoms with Crippen molar-refractivity contribution in [3.8, 4) is 11.4 Å². The van der Waals surface area contributed by atoms with Crippen molar-refractivity contribution in [3.63, 3.8) is 0 Å². The Bertz CT molecular complexity index is 1030. The number of nitrogens with zero attached hydrogens (tertiary/aromatic N) is 3. The molecule has 4 rings (SSSR count). The summed E-state index contributed by atoms with van der Waals surface area (Å²) < 4.78 is 2.18. The normalized spacial score (nSPS) is 14.2. The van der Waals surface area contributed by atoms with Gasteiger partial charge in [0.2, 0.25) is 5.91 Å². The summed E-state index contributed by atoms with van der Waals surface area (Å²) in [7, 11) is 0. The monoisotopic (exact) mass is 458 g/mol. The molecule has 0 aliphatic heterocycles. The summed E-state index contributed by atoms with van der Waals surface area (Å²) in [6.45, 7) is 0. The Morgan fingerprint density at radius 1 is 1.17 bits per heavy atom. The van der Waals surface area contributed by atoms with Crippen LogP contribution in [0.5, 0.6) is 0 Å². The number of halogens is 1. The van der Waals surface area contributed by atoms with Gasteiger partial charge in [0, 0.05) is 22.2 Å². The van der Waals surface area contributed by atoms with Crippen molar-refractivity contribution in [3.05, 3.63) is 53.6 Å². The lowest BCUT2D eigenvalue weighted by atomic mass is 10.2. The maximum atomic E-state index is 12.5. The van der Waals surface area contributed by atoms with E-state index in [0.29, 0.717) is 11.1 Å². The zero-order valence-electron chi connectivity index (χ0n) is 16.7. The van der Waals surface area contributed by atoms with E-state index in [-0.39, 0.29) is 11.7 Å². The van der Waals surface area contributed by atoms with E-state index in [1.807, 2.05) is 54.8 Å². The highest BCUT2D eigenvalue weighted by molar-refractivity contribution is 7.99. The molecule has 3 aromatic rings. The first-order chi connectivity index (χ1) is 14.7. The third-order valence-corrected chi connectivity index (χ3v) is 7.15. The van der Waals surface area contributed by atoms with Crippen molar-refractivity contribution in [2.45, 2.75) is 41.8 Å². The Morgan fingerprint density at radius 3 is 2.73 bits per heavy atom. The van der Waals surface area contributed by atoms with Gasteiger partial charge in [-0.25, -0.2) is 0 Å². The molecular weight excluding hydrogens is 436 g/mol. The third kappa shape index (κ3) is 4.85. The number of anilines is 1. The molecule has 156 valence electrons. The molecule has 8 heteroatoms. The molecule has 1 aliphatic rings. The average molecular weight is 459 g/mol. The molecule has 0 bridgehead atoms. The molecule has 0 saturated heterocycles. The van der Waals surface area contributed by atoms with Gasteiger partial charge in [-0.2, -0.15) is 0 Å². The Hall–Kier alpha value is -1.96. The molecule has 1 aliphatic carbocycles. The first-order valence-corrected chi connectivity index (χ1v) is 12.5. The first kappa shape index (κ1) is 21.3. The number of thioether (sulfide) groups is 2. The van der Waals surface area contributed by atoms with Crippen LogP contribution in [0.1, 0.15) is 31.7 Å². The van der Waals surface area contributed by atoms with E-state index in [9.17, 15) is 4.79 Å². The van der Waals surface area contributed by atoms with Crippen LogP contribution in [0.3, 0.4) is 0 Å². The number of nitrogens with one attached hydrogen (secondary N) is 1. The highest BCUT2D eigenvalue weighted by Crippen LogP contribution is 2.38. The van der Waals surface area contributed by atoms with Gasteiger partial charge >= 0.3 is 0 Å². The molecule has 1 amide bonds. The number of carbonyl (C=O) groups is 1. The predicted octanol–water partition coefficient (Wildman–Crippen LogP) is 6.17. The minimum Gasteiger partial charge on any atom is -0.325 e. The van der Waals surface area contributed by atoms with Crippen molar-refractivity contribution in [2.24, 2.45) is 0 Å². The molecule has 5 nitrogen and oxygen atoms in total. The van der Waals surface area contributed by atoms with E-state index < -0.39 is 0 Å². The van der Waals surface area contributed by atoms with Crippen LogP contribution >= 0.6 is 35.1 Å². The van der Waals surface area contributed by atoms with Crippen LogP contribution in [0.4, 0.5) is 5.69 Å². The minimum absolute atomic E-state index is 0.0569. The van der Waals surface area contributed by atoms with Crippen molar-refractivity contribution >= 4 is 46.7 Å². The quantitative estimate of drug-likeness (QED) is 0.429. The van der Waals surface area contributed by atoms with Gasteiger partial charge in [0.25, 0.3) is 0 Å². The van der Waals surface area contributed by atoms with E-state index >= 15 is 0 Å². The number of amides is 1. The van der Waals surface area contributed by atoms with Gasteiger partial charge in [-0.15, -0.1) is 22.0 Å². The van der Waals surface area contributed by atoms with Crippen molar-refractivity contribution in [1.82, 2.24) is 14.8 Å². The summed E-state index contributed by atoms with van der Waals surface area (Å²) in [5.74, 6) is 0.998. The average Bonchev–Trinajstić information content (AvgIpc) is 3.42. The second-order valence-electron chi connectivity index (χ2n) is 7.16. The van der Waals surface area contributed by atoms with Gasteiger partial charge in [-0.3, -0.25) is 9.36 Å². The number of aromatic nitrogens is 3. The third-order valence-electron chi connectivity index (χ3n) is 5.15. The highest BCUT2D eigenvalue weighted by Gasteiger charge is 2.26. The topological polar surface area (TPSA) is 59.8 Å². The van der Waals surface area contributed by atoms with Crippen LogP contribution in [0.25, 0.3) is 11.4 Å². The lowest BCUT2D eigenvalue weighted by Gasteiger charge is -2.17. The molecule has 1 aromatic heterocycles.